The molecule has 2 aromatic carbocycles. The topological polar surface area (TPSA) is 50.4 Å². The van der Waals surface area contributed by atoms with E-state index in [0.29, 0.717) is 19.2 Å². The number of rotatable bonds is 8. The number of ether oxygens (including phenoxy) is 1. The van der Waals surface area contributed by atoms with Gasteiger partial charge in [0.05, 0.1) is 13.2 Å². The van der Waals surface area contributed by atoms with E-state index in [1.807, 2.05) is 42.5 Å². The Bertz CT molecular complexity index is 664. The van der Waals surface area contributed by atoms with Crippen LogP contribution >= 0.6 is 0 Å². The average Bonchev–Trinajstić information content (AvgIpc) is 2.69. The van der Waals surface area contributed by atoms with Crippen molar-refractivity contribution in [2.75, 3.05) is 18.5 Å². The summed E-state index contributed by atoms with van der Waals surface area (Å²) in [6, 6.07) is 18.4. The van der Waals surface area contributed by atoms with Gasteiger partial charge < -0.3 is 15.4 Å². The molecule has 2 N–H and O–H groups in total. The molecule has 0 bridgehead atoms. The second kappa shape index (κ2) is 9.97. The fourth-order valence-electron chi connectivity index (χ4n) is 3.31. The molecule has 1 aliphatic rings. The number of anilines is 1. The Balaban J connectivity index is 1.37. The Morgan fingerprint density at radius 2 is 1.69 bits per heavy atom. The smallest absolute Gasteiger partial charge is 0.238 e. The van der Waals surface area contributed by atoms with Gasteiger partial charge in [-0.1, -0.05) is 49.6 Å². The van der Waals surface area contributed by atoms with Crippen LogP contribution in [0.4, 0.5) is 5.69 Å². The molecule has 2 aromatic rings. The highest BCUT2D eigenvalue weighted by atomic mass is 16.5. The summed E-state index contributed by atoms with van der Waals surface area (Å²) in [6.45, 7) is 1.01. The highest BCUT2D eigenvalue weighted by Crippen LogP contribution is 2.18. The first-order valence-corrected chi connectivity index (χ1v) is 9.59. The fourth-order valence-corrected chi connectivity index (χ4v) is 3.31. The Morgan fingerprint density at radius 1 is 0.962 bits per heavy atom. The van der Waals surface area contributed by atoms with Crippen LogP contribution in [0.1, 0.15) is 37.7 Å². The number of hydrogen-bond acceptors (Lipinski definition) is 3. The van der Waals surface area contributed by atoms with Gasteiger partial charge in [0.2, 0.25) is 5.91 Å². The molecule has 0 aromatic heterocycles. The number of carbonyl (C=O) groups excluding carboxylic acids is 1. The fraction of sp³-hybridized carbons (Fsp3) is 0.409. The summed E-state index contributed by atoms with van der Waals surface area (Å²) in [5, 5.41) is 6.29. The van der Waals surface area contributed by atoms with E-state index in [9.17, 15) is 4.79 Å². The third-order valence-electron chi connectivity index (χ3n) is 4.80. The molecular weight excluding hydrogens is 324 g/mol. The third-order valence-corrected chi connectivity index (χ3v) is 4.80. The van der Waals surface area contributed by atoms with Gasteiger partial charge in [-0.2, -0.15) is 0 Å². The summed E-state index contributed by atoms with van der Waals surface area (Å²) in [6.07, 6.45) is 7.11. The van der Waals surface area contributed by atoms with Gasteiger partial charge in [-0.05, 0) is 42.7 Å². The predicted octanol–water partition coefficient (Wildman–Crippen LogP) is 4.17. The Kier molecular flexibility index (Phi) is 7.08. The van der Waals surface area contributed by atoms with Crippen molar-refractivity contribution in [1.29, 1.82) is 0 Å². The van der Waals surface area contributed by atoms with Gasteiger partial charge in [-0.25, -0.2) is 0 Å². The summed E-state index contributed by atoms with van der Waals surface area (Å²) in [5.74, 6) is 0.826. The number of benzene rings is 2. The van der Waals surface area contributed by atoms with Crippen molar-refractivity contribution in [3.05, 3.63) is 60.2 Å². The Labute approximate surface area is 156 Å². The molecule has 0 atom stereocenters. The van der Waals surface area contributed by atoms with Crippen LogP contribution < -0.4 is 15.4 Å². The van der Waals surface area contributed by atoms with Crippen LogP contribution in [0.15, 0.2) is 54.6 Å². The molecule has 1 fully saturated rings. The zero-order valence-corrected chi connectivity index (χ0v) is 15.2. The van der Waals surface area contributed by atoms with Crippen molar-refractivity contribution < 1.29 is 9.53 Å². The van der Waals surface area contributed by atoms with E-state index in [1.165, 1.54) is 37.7 Å². The van der Waals surface area contributed by atoms with E-state index in [0.717, 1.165) is 17.9 Å². The molecule has 3 rings (SSSR count). The molecule has 26 heavy (non-hydrogen) atoms. The first kappa shape index (κ1) is 18.5. The molecule has 0 heterocycles. The molecule has 4 nitrogen and oxygen atoms in total. The summed E-state index contributed by atoms with van der Waals surface area (Å²) in [7, 11) is 0. The highest BCUT2D eigenvalue weighted by Gasteiger charge is 2.13. The number of carbonyl (C=O) groups is 1. The van der Waals surface area contributed by atoms with E-state index >= 15 is 0 Å². The Morgan fingerprint density at radius 3 is 2.42 bits per heavy atom. The highest BCUT2D eigenvalue weighted by molar-refractivity contribution is 5.92. The van der Waals surface area contributed by atoms with Gasteiger partial charge in [0.15, 0.2) is 0 Å². The minimum absolute atomic E-state index is 0.00770. The number of hydrogen-bond donors (Lipinski definition) is 2. The molecule has 0 saturated heterocycles. The monoisotopic (exact) mass is 352 g/mol. The lowest BCUT2D eigenvalue weighted by Crippen LogP contribution is -2.37. The van der Waals surface area contributed by atoms with Gasteiger partial charge in [-0.3, -0.25) is 4.79 Å². The minimum Gasteiger partial charge on any atom is -0.493 e. The van der Waals surface area contributed by atoms with Gasteiger partial charge in [0.1, 0.15) is 5.75 Å². The van der Waals surface area contributed by atoms with E-state index in [2.05, 4.69) is 22.8 Å². The molecule has 1 amide bonds. The van der Waals surface area contributed by atoms with Crippen LogP contribution in [0, 0.1) is 0 Å². The molecule has 0 unspecified atom stereocenters. The maximum Gasteiger partial charge on any atom is 0.238 e. The first-order valence-electron chi connectivity index (χ1n) is 9.59. The Hall–Kier alpha value is -2.33. The summed E-state index contributed by atoms with van der Waals surface area (Å²) in [4.78, 5) is 12.1. The van der Waals surface area contributed by atoms with Crippen LogP contribution in [0.5, 0.6) is 5.75 Å². The van der Waals surface area contributed by atoms with E-state index in [1.54, 1.807) is 0 Å². The van der Waals surface area contributed by atoms with Crippen LogP contribution in [-0.4, -0.2) is 25.1 Å². The molecule has 0 aliphatic heterocycles. The van der Waals surface area contributed by atoms with Crippen LogP contribution in [0.3, 0.4) is 0 Å². The van der Waals surface area contributed by atoms with Gasteiger partial charge in [-0.15, -0.1) is 0 Å². The van der Waals surface area contributed by atoms with E-state index < -0.39 is 0 Å². The first-order chi connectivity index (χ1) is 12.8. The van der Waals surface area contributed by atoms with Crippen LogP contribution in [0.25, 0.3) is 0 Å². The van der Waals surface area contributed by atoms with Crippen molar-refractivity contribution in [1.82, 2.24) is 5.32 Å². The largest absolute Gasteiger partial charge is 0.493 e. The molecule has 4 heteroatoms. The molecule has 138 valence electrons. The van der Waals surface area contributed by atoms with E-state index in [-0.39, 0.29) is 5.91 Å². The standard InChI is InChI=1S/C22H28N2O2/c25-22(17-23-19-9-5-2-6-10-19)24-20-11-13-21(14-12-20)26-16-15-18-7-3-1-4-8-18/h1,3-4,7-8,11-14,19,23H,2,5-6,9-10,15-17H2,(H,24,25). The lowest BCUT2D eigenvalue weighted by Gasteiger charge is -2.22. The van der Waals surface area contributed by atoms with Crippen molar-refractivity contribution >= 4 is 11.6 Å². The summed E-state index contributed by atoms with van der Waals surface area (Å²) >= 11 is 0. The third kappa shape index (κ3) is 6.19. The lowest BCUT2D eigenvalue weighted by atomic mass is 9.95. The molecule has 1 saturated carbocycles. The van der Waals surface area contributed by atoms with Crippen molar-refractivity contribution in [3.8, 4) is 5.75 Å². The number of amides is 1. The predicted molar refractivity (Wildman–Crippen MR) is 106 cm³/mol. The SMILES string of the molecule is O=C(CNC1CCCCC1)Nc1ccc(OCCc2ccccc2)cc1. The minimum atomic E-state index is 0.00770. The van der Waals surface area contributed by atoms with Crippen molar-refractivity contribution in [3.63, 3.8) is 0 Å². The summed E-state index contributed by atoms with van der Waals surface area (Å²) in [5.41, 5.74) is 2.07. The summed E-state index contributed by atoms with van der Waals surface area (Å²) < 4.78 is 5.77. The second-order valence-electron chi connectivity index (χ2n) is 6.87. The molecule has 0 radical (unpaired) electrons. The quantitative estimate of drug-likeness (QED) is 0.750. The zero-order valence-electron chi connectivity index (χ0n) is 15.2. The molecule has 0 spiro atoms. The van der Waals surface area contributed by atoms with Crippen molar-refractivity contribution in [2.45, 2.75) is 44.6 Å². The van der Waals surface area contributed by atoms with Gasteiger partial charge in [0.25, 0.3) is 0 Å². The van der Waals surface area contributed by atoms with Crippen molar-refractivity contribution in [2.24, 2.45) is 0 Å². The normalized spacial score (nSPS) is 14.8. The van der Waals surface area contributed by atoms with Crippen LogP contribution in [0.2, 0.25) is 0 Å². The number of nitrogens with one attached hydrogen (secondary N) is 2. The van der Waals surface area contributed by atoms with E-state index in [4.69, 9.17) is 4.74 Å². The van der Waals surface area contributed by atoms with Crippen LogP contribution in [-0.2, 0) is 11.2 Å². The average molecular weight is 352 g/mol. The maximum atomic E-state index is 12.1. The maximum absolute atomic E-state index is 12.1. The zero-order chi connectivity index (χ0) is 18.0. The lowest BCUT2D eigenvalue weighted by molar-refractivity contribution is -0.115. The van der Waals surface area contributed by atoms with Gasteiger partial charge >= 0.3 is 0 Å². The second-order valence-corrected chi connectivity index (χ2v) is 6.87. The molecular formula is C22H28N2O2. The molecule has 1 aliphatic carbocycles. The van der Waals surface area contributed by atoms with Gasteiger partial charge in [0, 0.05) is 18.2 Å².